The van der Waals surface area contributed by atoms with E-state index in [-0.39, 0.29) is 22.6 Å². The molecule has 0 spiro atoms. The van der Waals surface area contributed by atoms with E-state index in [9.17, 15) is 12.8 Å². The molecule has 4 nitrogen and oxygen atoms in total. The van der Waals surface area contributed by atoms with Crippen LogP contribution in [-0.2, 0) is 23.2 Å². The van der Waals surface area contributed by atoms with Crippen molar-refractivity contribution in [1.82, 2.24) is 4.31 Å². The smallest absolute Gasteiger partial charge is 0.243 e. The van der Waals surface area contributed by atoms with E-state index in [0.717, 1.165) is 11.6 Å². The Bertz CT molecular complexity index is 727. The molecule has 0 aliphatic rings. The summed E-state index contributed by atoms with van der Waals surface area (Å²) in [6.45, 7) is 1.23. The number of hydrogen-bond donors (Lipinski definition) is 1. The molecule has 0 bridgehead atoms. The van der Waals surface area contributed by atoms with Crippen LogP contribution in [0, 0.1) is 12.7 Å². The largest absolute Gasteiger partial charge is 0.392 e. The molecule has 0 amide bonds. The molecule has 0 radical (unpaired) electrons. The zero-order valence-electron chi connectivity index (χ0n) is 11.7. The van der Waals surface area contributed by atoms with Crippen LogP contribution in [0.1, 0.15) is 16.7 Å². The van der Waals surface area contributed by atoms with Crippen LogP contribution in [0.25, 0.3) is 0 Å². The van der Waals surface area contributed by atoms with E-state index in [2.05, 4.69) is 0 Å². The van der Waals surface area contributed by atoms with Gasteiger partial charge < -0.3 is 5.11 Å². The topological polar surface area (TPSA) is 57.6 Å². The lowest BCUT2D eigenvalue weighted by Gasteiger charge is -2.19. The van der Waals surface area contributed by atoms with Crippen LogP contribution in [-0.4, -0.2) is 24.9 Å². The minimum atomic E-state index is -3.81. The van der Waals surface area contributed by atoms with E-state index >= 15 is 0 Å². The summed E-state index contributed by atoms with van der Waals surface area (Å²) in [4.78, 5) is -0.107. The normalized spacial score (nSPS) is 12.0. The Morgan fingerprint density at radius 2 is 2.05 bits per heavy atom. The molecule has 114 valence electrons. The van der Waals surface area contributed by atoms with E-state index in [1.807, 2.05) is 16.8 Å². The predicted octanol–water partition coefficient (Wildman–Crippen LogP) is 2.51. The molecule has 1 N–H and O–H groups in total. The molecule has 7 heteroatoms. The van der Waals surface area contributed by atoms with Crippen LogP contribution in [0.4, 0.5) is 4.39 Å². The first-order valence-electron chi connectivity index (χ1n) is 6.23. The van der Waals surface area contributed by atoms with Crippen LogP contribution in [0.2, 0.25) is 0 Å². The SMILES string of the molecule is Cc1c(F)cc(CO)cc1S(=O)(=O)N(C)Cc1ccsc1. The maximum atomic E-state index is 13.8. The van der Waals surface area contributed by atoms with Crippen LogP contribution in [0.15, 0.2) is 33.9 Å². The highest BCUT2D eigenvalue weighted by Gasteiger charge is 2.25. The third kappa shape index (κ3) is 3.32. The number of aliphatic hydroxyl groups is 1. The first-order chi connectivity index (χ1) is 9.86. The number of hydrogen-bond acceptors (Lipinski definition) is 4. The zero-order chi connectivity index (χ0) is 15.6. The zero-order valence-corrected chi connectivity index (χ0v) is 13.3. The fourth-order valence-electron chi connectivity index (χ4n) is 1.96. The Morgan fingerprint density at radius 3 is 2.62 bits per heavy atom. The number of aliphatic hydroxyl groups excluding tert-OH is 1. The van der Waals surface area contributed by atoms with Gasteiger partial charge in [-0.05, 0) is 47.0 Å². The van der Waals surface area contributed by atoms with Crippen molar-refractivity contribution in [1.29, 1.82) is 0 Å². The van der Waals surface area contributed by atoms with Crippen molar-refractivity contribution in [2.45, 2.75) is 25.0 Å². The lowest BCUT2D eigenvalue weighted by molar-refractivity contribution is 0.280. The number of sulfonamides is 1. The number of halogens is 1. The molecule has 2 aromatic rings. The highest BCUT2D eigenvalue weighted by atomic mass is 32.2. The van der Waals surface area contributed by atoms with Gasteiger partial charge in [0, 0.05) is 19.2 Å². The fraction of sp³-hybridized carbons (Fsp3) is 0.286. The monoisotopic (exact) mass is 329 g/mol. The molecule has 0 fully saturated rings. The predicted molar refractivity (Wildman–Crippen MR) is 80.0 cm³/mol. The third-order valence-electron chi connectivity index (χ3n) is 3.21. The van der Waals surface area contributed by atoms with E-state index < -0.39 is 22.4 Å². The fourth-order valence-corrected chi connectivity index (χ4v) is 4.06. The lowest BCUT2D eigenvalue weighted by atomic mass is 10.1. The Kier molecular flexibility index (Phi) is 4.77. The number of thiophene rings is 1. The second-order valence-electron chi connectivity index (χ2n) is 4.75. The molecule has 1 heterocycles. The van der Waals surface area contributed by atoms with Crippen LogP contribution < -0.4 is 0 Å². The Labute approximate surface area is 127 Å². The molecule has 0 atom stereocenters. The summed E-state index contributed by atoms with van der Waals surface area (Å²) in [6.07, 6.45) is 0. The van der Waals surface area contributed by atoms with Crippen molar-refractivity contribution < 1.29 is 17.9 Å². The van der Waals surface area contributed by atoms with E-state index in [4.69, 9.17) is 5.11 Å². The average Bonchev–Trinajstić information content (AvgIpc) is 2.94. The molecule has 0 saturated heterocycles. The van der Waals surface area contributed by atoms with Crippen molar-refractivity contribution >= 4 is 21.4 Å². The van der Waals surface area contributed by atoms with Gasteiger partial charge >= 0.3 is 0 Å². The summed E-state index contributed by atoms with van der Waals surface area (Å²) in [7, 11) is -2.36. The van der Waals surface area contributed by atoms with E-state index in [0.29, 0.717) is 0 Å². The molecular formula is C14H16FNO3S2. The quantitative estimate of drug-likeness (QED) is 0.917. The van der Waals surface area contributed by atoms with Crippen LogP contribution >= 0.6 is 11.3 Å². The summed E-state index contributed by atoms with van der Waals surface area (Å²) < 4.78 is 40.1. The summed E-state index contributed by atoms with van der Waals surface area (Å²) in [5.41, 5.74) is 1.17. The maximum absolute atomic E-state index is 13.8. The molecule has 0 aliphatic heterocycles. The van der Waals surface area contributed by atoms with Crippen molar-refractivity contribution in [3.63, 3.8) is 0 Å². The second kappa shape index (κ2) is 6.23. The van der Waals surface area contributed by atoms with Gasteiger partial charge in [-0.25, -0.2) is 12.8 Å². The van der Waals surface area contributed by atoms with Crippen LogP contribution in [0.5, 0.6) is 0 Å². The summed E-state index contributed by atoms with van der Waals surface area (Å²) in [5.74, 6) is -0.635. The summed E-state index contributed by atoms with van der Waals surface area (Å²) in [5, 5.41) is 12.8. The highest BCUT2D eigenvalue weighted by molar-refractivity contribution is 7.89. The van der Waals surface area contributed by atoms with Crippen molar-refractivity contribution in [3.8, 4) is 0 Å². The van der Waals surface area contributed by atoms with Gasteiger partial charge in [0.1, 0.15) is 5.82 Å². The average molecular weight is 329 g/mol. The summed E-state index contributed by atoms with van der Waals surface area (Å²) >= 11 is 1.49. The number of benzene rings is 1. The van der Waals surface area contributed by atoms with Crippen molar-refractivity contribution in [2.75, 3.05) is 7.05 Å². The molecular weight excluding hydrogens is 313 g/mol. The van der Waals surface area contributed by atoms with Gasteiger partial charge in [0.15, 0.2) is 0 Å². The Hall–Kier alpha value is -1.28. The van der Waals surface area contributed by atoms with Gasteiger partial charge in [-0.2, -0.15) is 15.6 Å². The standard InChI is InChI=1S/C14H16FNO3S2/c1-10-13(15)5-12(8-17)6-14(10)21(18,19)16(2)7-11-3-4-20-9-11/h3-6,9,17H,7-8H2,1-2H3. The minimum Gasteiger partial charge on any atom is -0.392 e. The second-order valence-corrected chi connectivity index (χ2v) is 7.54. The van der Waals surface area contributed by atoms with Gasteiger partial charge in [0.05, 0.1) is 11.5 Å². The van der Waals surface area contributed by atoms with Gasteiger partial charge in [-0.1, -0.05) is 0 Å². The van der Waals surface area contributed by atoms with Gasteiger partial charge in [0.25, 0.3) is 0 Å². The minimum absolute atomic E-state index is 0.0596. The van der Waals surface area contributed by atoms with Crippen molar-refractivity contribution in [3.05, 3.63) is 51.5 Å². The molecule has 0 saturated carbocycles. The van der Waals surface area contributed by atoms with Gasteiger partial charge in [-0.3, -0.25) is 0 Å². The van der Waals surface area contributed by atoms with E-state index in [1.54, 1.807) is 0 Å². The third-order valence-corrected chi connectivity index (χ3v) is 5.87. The molecule has 1 aromatic carbocycles. The number of rotatable bonds is 5. The molecule has 1 aromatic heterocycles. The van der Waals surface area contributed by atoms with Crippen LogP contribution in [0.3, 0.4) is 0 Å². The van der Waals surface area contributed by atoms with Crippen molar-refractivity contribution in [2.24, 2.45) is 0 Å². The number of nitrogens with zero attached hydrogens (tertiary/aromatic N) is 1. The molecule has 2 rings (SSSR count). The Morgan fingerprint density at radius 1 is 1.33 bits per heavy atom. The molecule has 0 aliphatic carbocycles. The lowest BCUT2D eigenvalue weighted by Crippen LogP contribution is -2.27. The van der Waals surface area contributed by atoms with Gasteiger partial charge in [0.2, 0.25) is 10.0 Å². The highest BCUT2D eigenvalue weighted by Crippen LogP contribution is 2.24. The van der Waals surface area contributed by atoms with E-state index in [1.165, 1.54) is 35.7 Å². The summed E-state index contributed by atoms with van der Waals surface area (Å²) in [6, 6.07) is 4.30. The first kappa shape index (κ1) is 16.1. The Balaban J connectivity index is 2.41. The maximum Gasteiger partial charge on any atom is 0.243 e. The molecule has 21 heavy (non-hydrogen) atoms. The molecule has 0 unspecified atom stereocenters. The first-order valence-corrected chi connectivity index (χ1v) is 8.62. The van der Waals surface area contributed by atoms with Gasteiger partial charge in [-0.15, -0.1) is 0 Å².